The van der Waals surface area contributed by atoms with E-state index in [0.717, 1.165) is 11.3 Å². The molecule has 0 bridgehead atoms. The van der Waals surface area contributed by atoms with E-state index >= 15 is 0 Å². The third-order valence-electron chi connectivity index (χ3n) is 2.36. The zero-order valence-electron chi connectivity index (χ0n) is 8.88. The first-order valence-electron chi connectivity index (χ1n) is 5.09. The maximum absolute atomic E-state index is 12.9. The average molecular weight is 270 g/mol. The molecule has 4 heteroatoms. The van der Waals surface area contributed by atoms with Gasteiger partial charge in [0.05, 0.1) is 5.02 Å². The van der Waals surface area contributed by atoms with Crippen LogP contribution in [0.5, 0.6) is 0 Å². The minimum absolute atomic E-state index is 0.106. The summed E-state index contributed by atoms with van der Waals surface area (Å²) in [4.78, 5) is 0. The molecule has 0 aromatic heterocycles. The Balaban J connectivity index is 2.08. The molecule has 0 atom stereocenters. The van der Waals surface area contributed by atoms with Gasteiger partial charge in [-0.3, -0.25) is 0 Å². The van der Waals surface area contributed by atoms with Crippen LogP contribution in [0.2, 0.25) is 10.0 Å². The summed E-state index contributed by atoms with van der Waals surface area (Å²) in [5.74, 6) is -0.421. The number of nitrogens with one attached hydrogen (secondary N) is 1. The Morgan fingerprint density at radius 2 is 1.76 bits per heavy atom. The Bertz CT molecular complexity index is 529. The van der Waals surface area contributed by atoms with Crippen LogP contribution in [-0.2, 0) is 6.54 Å². The molecule has 2 rings (SSSR count). The van der Waals surface area contributed by atoms with Gasteiger partial charge in [0, 0.05) is 17.3 Å². The highest BCUT2D eigenvalue weighted by molar-refractivity contribution is 6.31. The summed E-state index contributed by atoms with van der Waals surface area (Å²) in [6, 6.07) is 12.1. The normalized spacial score (nSPS) is 10.3. The molecule has 2 aromatic carbocycles. The summed E-state index contributed by atoms with van der Waals surface area (Å²) < 4.78 is 12.9. The summed E-state index contributed by atoms with van der Waals surface area (Å²) >= 11 is 11.7. The fourth-order valence-electron chi connectivity index (χ4n) is 1.45. The molecule has 0 amide bonds. The molecule has 1 nitrogen and oxygen atoms in total. The maximum Gasteiger partial charge on any atom is 0.141 e. The van der Waals surface area contributed by atoms with Crippen LogP contribution in [0.4, 0.5) is 10.1 Å². The van der Waals surface area contributed by atoms with Gasteiger partial charge in [0.2, 0.25) is 0 Å². The standard InChI is InChI=1S/C13H10Cl2FN/c14-11-4-2-1-3-9(11)8-17-10-5-6-13(16)12(15)7-10/h1-7,17H,8H2. The third kappa shape index (κ3) is 3.11. The number of halogens is 3. The van der Waals surface area contributed by atoms with Crippen molar-refractivity contribution in [1.82, 2.24) is 0 Å². The second-order valence-corrected chi connectivity index (χ2v) is 4.39. The van der Waals surface area contributed by atoms with Crippen molar-refractivity contribution in [2.75, 3.05) is 5.32 Å². The first-order valence-corrected chi connectivity index (χ1v) is 5.85. The zero-order valence-corrected chi connectivity index (χ0v) is 10.4. The van der Waals surface area contributed by atoms with Crippen LogP contribution in [0.3, 0.4) is 0 Å². The molecule has 0 aliphatic carbocycles. The molecule has 0 fully saturated rings. The van der Waals surface area contributed by atoms with Crippen molar-refractivity contribution in [3.05, 3.63) is 63.9 Å². The lowest BCUT2D eigenvalue weighted by molar-refractivity contribution is 0.628. The summed E-state index contributed by atoms with van der Waals surface area (Å²) in [5, 5.41) is 3.94. The van der Waals surface area contributed by atoms with Crippen LogP contribution >= 0.6 is 23.2 Å². The summed E-state index contributed by atoms with van der Waals surface area (Å²) in [6.45, 7) is 0.571. The summed E-state index contributed by atoms with van der Waals surface area (Å²) in [6.07, 6.45) is 0. The first-order chi connectivity index (χ1) is 8.16. The molecule has 17 heavy (non-hydrogen) atoms. The lowest BCUT2D eigenvalue weighted by Crippen LogP contribution is -2.00. The zero-order chi connectivity index (χ0) is 12.3. The second-order valence-electron chi connectivity index (χ2n) is 3.57. The lowest BCUT2D eigenvalue weighted by atomic mass is 10.2. The highest BCUT2D eigenvalue weighted by Gasteiger charge is 2.02. The molecule has 0 radical (unpaired) electrons. The van der Waals surface area contributed by atoms with E-state index in [-0.39, 0.29) is 5.02 Å². The molecule has 88 valence electrons. The van der Waals surface area contributed by atoms with Crippen LogP contribution in [0, 0.1) is 5.82 Å². The fourth-order valence-corrected chi connectivity index (χ4v) is 1.83. The molecule has 0 aliphatic heterocycles. The Kier molecular flexibility index (Phi) is 3.87. The molecule has 0 heterocycles. The van der Waals surface area contributed by atoms with Gasteiger partial charge < -0.3 is 5.32 Å². The predicted octanol–water partition coefficient (Wildman–Crippen LogP) is 4.74. The van der Waals surface area contributed by atoms with Crippen molar-refractivity contribution >= 4 is 28.9 Å². The average Bonchev–Trinajstić information content (AvgIpc) is 2.32. The third-order valence-corrected chi connectivity index (χ3v) is 3.02. The highest BCUT2D eigenvalue weighted by atomic mass is 35.5. The lowest BCUT2D eigenvalue weighted by Gasteiger charge is -2.08. The molecule has 0 unspecified atom stereocenters. The molecular formula is C13H10Cl2FN. The van der Waals surface area contributed by atoms with E-state index in [0.29, 0.717) is 11.6 Å². The molecule has 0 saturated heterocycles. The van der Waals surface area contributed by atoms with Gasteiger partial charge in [-0.2, -0.15) is 0 Å². The predicted molar refractivity (Wildman–Crippen MR) is 70.2 cm³/mol. The Hall–Kier alpha value is -1.25. The largest absolute Gasteiger partial charge is 0.381 e. The monoisotopic (exact) mass is 269 g/mol. The second kappa shape index (κ2) is 5.39. The van der Waals surface area contributed by atoms with Crippen LogP contribution in [0.15, 0.2) is 42.5 Å². The number of hydrogen-bond acceptors (Lipinski definition) is 1. The molecule has 0 aliphatic rings. The Morgan fingerprint density at radius 1 is 1.00 bits per heavy atom. The maximum atomic E-state index is 12.9. The van der Waals surface area contributed by atoms with Crippen LogP contribution in [-0.4, -0.2) is 0 Å². The number of anilines is 1. The quantitative estimate of drug-likeness (QED) is 0.849. The molecule has 0 saturated carbocycles. The van der Waals surface area contributed by atoms with Crippen LogP contribution in [0.25, 0.3) is 0 Å². The fraction of sp³-hybridized carbons (Fsp3) is 0.0769. The van der Waals surface area contributed by atoms with Crippen molar-refractivity contribution in [3.8, 4) is 0 Å². The number of hydrogen-bond donors (Lipinski definition) is 1. The van der Waals surface area contributed by atoms with Crippen molar-refractivity contribution in [1.29, 1.82) is 0 Å². The van der Waals surface area contributed by atoms with E-state index in [1.807, 2.05) is 24.3 Å². The first kappa shape index (κ1) is 12.2. The Morgan fingerprint density at radius 3 is 2.47 bits per heavy atom. The number of benzene rings is 2. The van der Waals surface area contributed by atoms with Gasteiger partial charge >= 0.3 is 0 Å². The summed E-state index contributed by atoms with van der Waals surface area (Å²) in [7, 11) is 0. The molecule has 0 spiro atoms. The Labute approximate surface area is 109 Å². The van der Waals surface area contributed by atoms with Gasteiger partial charge in [-0.05, 0) is 29.8 Å². The highest BCUT2D eigenvalue weighted by Crippen LogP contribution is 2.21. The van der Waals surface area contributed by atoms with E-state index in [1.165, 1.54) is 6.07 Å². The van der Waals surface area contributed by atoms with Gasteiger partial charge in [0.15, 0.2) is 0 Å². The SMILES string of the molecule is Fc1ccc(NCc2ccccc2Cl)cc1Cl. The molecule has 1 N–H and O–H groups in total. The van der Waals surface area contributed by atoms with Crippen LogP contribution in [0.1, 0.15) is 5.56 Å². The van der Waals surface area contributed by atoms with Crippen molar-refractivity contribution < 1.29 is 4.39 Å². The topological polar surface area (TPSA) is 12.0 Å². The van der Waals surface area contributed by atoms with Crippen LogP contribution < -0.4 is 5.32 Å². The smallest absolute Gasteiger partial charge is 0.141 e. The number of rotatable bonds is 3. The van der Waals surface area contributed by atoms with E-state index in [9.17, 15) is 4.39 Å². The summed E-state index contributed by atoms with van der Waals surface area (Å²) in [5.41, 5.74) is 1.74. The van der Waals surface area contributed by atoms with Gasteiger partial charge in [0.25, 0.3) is 0 Å². The minimum atomic E-state index is -0.421. The van der Waals surface area contributed by atoms with Crippen molar-refractivity contribution in [2.45, 2.75) is 6.54 Å². The minimum Gasteiger partial charge on any atom is -0.381 e. The van der Waals surface area contributed by atoms with Gasteiger partial charge in [-0.15, -0.1) is 0 Å². The van der Waals surface area contributed by atoms with Crippen molar-refractivity contribution in [3.63, 3.8) is 0 Å². The van der Waals surface area contributed by atoms with E-state index in [1.54, 1.807) is 12.1 Å². The van der Waals surface area contributed by atoms with Gasteiger partial charge in [0.1, 0.15) is 5.82 Å². The molecular weight excluding hydrogens is 260 g/mol. The van der Waals surface area contributed by atoms with E-state index in [4.69, 9.17) is 23.2 Å². The van der Waals surface area contributed by atoms with Crippen molar-refractivity contribution in [2.24, 2.45) is 0 Å². The van der Waals surface area contributed by atoms with Gasteiger partial charge in [-0.1, -0.05) is 41.4 Å². The van der Waals surface area contributed by atoms with E-state index in [2.05, 4.69) is 5.32 Å². The van der Waals surface area contributed by atoms with Gasteiger partial charge in [-0.25, -0.2) is 4.39 Å². The molecule has 2 aromatic rings. The van der Waals surface area contributed by atoms with E-state index < -0.39 is 5.82 Å².